The predicted octanol–water partition coefficient (Wildman–Crippen LogP) is 3.29. The third-order valence-corrected chi connectivity index (χ3v) is 3.36. The number of aliphatic carboxylic acids is 1. The quantitative estimate of drug-likeness (QED) is 0.836. The fourth-order valence-electron chi connectivity index (χ4n) is 1.29. The molecule has 2 N–H and O–H groups in total. The number of rotatable bonds is 4. The smallest absolute Gasteiger partial charge is 0.349 e. The van der Waals surface area contributed by atoms with Crippen molar-refractivity contribution in [3.8, 4) is 0 Å². The molecule has 1 aromatic carbocycles. The Kier molecular flexibility index (Phi) is 5.66. The summed E-state index contributed by atoms with van der Waals surface area (Å²) in [5, 5.41) is 10.4. The summed E-state index contributed by atoms with van der Waals surface area (Å²) in [7, 11) is 0. The van der Waals surface area contributed by atoms with E-state index in [1.54, 1.807) is 31.2 Å². The van der Waals surface area contributed by atoms with Gasteiger partial charge in [0.25, 0.3) is 5.91 Å². The van der Waals surface area contributed by atoms with E-state index in [-0.39, 0.29) is 6.04 Å². The van der Waals surface area contributed by atoms with Crippen molar-refractivity contribution in [3.05, 3.63) is 44.9 Å². The lowest BCUT2D eigenvalue weighted by Gasteiger charge is -2.14. The van der Waals surface area contributed by atoms with Crippen LogP contribution in [0.25, 0.3) is 0 Å². The molecule has 0 bridgehead atoms. The van der Waals surface area contributed by atoms with Gasteiger partial charge in [-0.05, 0) is 24.6 Å². The summed E-state index contributed by atoms with van der Waals surface area (Å²) in [4.78, 5) is 22.2. The Hall–Kier alpha value is -1.23. The first kappa shape index (κ1) is 15.8. The molecule has 0 aliphatic rings. The summed E-state index contributed by atoms with van der Waals surface area (Å²) in [5.41, 5.74) is 0.800. The third kappa shape index (κ3) is 4.42. The van der Waals surface area contributed by atoms with Crippen molar-refractivity contribution >= 4 is 46.7 Å². The summed E-state index contributed by atoms with van der Waals surface area (Å²) in [6.07, 6.45) is 0. The van der Waals surface area contributed by atoms with E-state index in [1.165, 1.54) is 0 Å². The number of nitrogens with one attached hydrogen (secondary N) is 1. The van der Waals surface area contributed by atoms with Crippen molar-refractivity contribution in [1.29, 1.82) is 0 Å². The number of carbonyl (C=O) groups is 2. The highest BCUT2D eigenvalue weighted by Crippen LogP contribution is 2.19. The SMILES string of the molecule is CC(NC(=O)/C(Cl)=C(/Cl)C(=O)O)c1ccc(Cl)cc1. The number of carboxylic acid groups (broad SMARTS) is 1. The van der Waals surface area contributed by atoms with Crippen molar-refractivity contribution in [2.75, 3.05) is 0 Å². The molecule has 0 heterocycles. The van der Waals surface area contributed by atoms with E-state index >= 15 is 0 Å². The molecule has 0 saturated carbocycles. The van der Waals surface area contributed by atoms with Crippen LogP contribution in [-0.2, 0) is 9.59 Å². The molecule has 0 fully saturated rings. The van der Waals surface area contributed by atoms with Gasteiger partial charge in [0.1, 0.15) is 10.1 Å². The number of carbonyl (C=O) groups excluding carboxylic acids is 1. The van der Waals surface area contributed by atoms with Gasteiger partial charge in [0.05, 0.1) is 6.04 Å². The van der Waals surface area contributed by atoms with E-state index in [4.69, 9.17) is 39.9 Å². The van der Waals surface area contributed by atoms with Gasteiger partial charge in [-0.3, -0.25) is 4.79 Å². The summed E-state index contributed by atoms with van der Waals surface area (Å²) < 4.78 is 0. The molecule has 0 radical (unpaired) electrons. The summed E-state index contributed by atoms with van der Waals surface area (Å²) in [6.45, 7) is 1.72. The first-order valence-corrected chi connectivity index (χ1v) is 6.31. The van der Waals surface area contributed by atoms with E-state index in [1.807, 2.05) is 0 Å². The average molecular weight is 323 g/mol. The van der Waals surface area contributed by atoms with Gasteiger partial charge in [0.15, 0.2) is 0 Å². The van der Waals surface area contributed by atoms with Crippen molar-refractivity contribution in [2.24, 2.45) is 0 Å². The monoisotopic (exact) mass is 321 g/mol. The maximum atomic E-state index is 11.7. The molecule has 19 heavy (non-hydrogen) atoms. The molecule has 0 aliphatic heterocycles. The molecule has 1 aromatic rings. The number of hydrogen-bond donors (Lipinski definition) is 2. The van der Waals surface area contributed by atoms with E-state index in [2.05, 4.69) is 5.32 Å². The fourth-order valence-corrected chi connectivity index (χ4v) is 1.64. The van der Waals surface area contributed by atoms with Crippen LogP contribution in [-0.4, -0.2) is 17.0 Å². The Morgan fingerprint density at radius 1 is 1.16 bits per heavy atom. The zero-order valence-electron chi connectivity index (χ0n) is 9.78. The van der Waals surface area contributed by atoms with Crippen LogP contribution in [0.4, 0.5) is 0 Å². The molecular formula is C12H10Cl3NO3. The van der Waals surface area contributed by atoms with Crippen molar-refractivity contribution in [1.82, 2.24) is 5.32 Å². The van der Waals surface area contributed by atoms with Gasteiger partial charge in [-0.1, -0.05) is 46.9 Å². The van der Waals surface area contributed by atoms with Crippen LogP contribution < -0.4 is 5.32 Å². The Labute approximate surface area is 125 Å². The normalized spacial score (nSPS) is 13.5. The van der Waals surface area contributed by atoms with Gasteiger partial charge < -0.3 is 10.4 Å². The van der Waals surface area contributed by atoms with Crippen molar-refractivity contribution in [2.45, 2.75) is 13.0 Å². The second kappa shape index (κ2) is 6.80. The maximum absolute atomic E-state index is 11.7. The number of benzene rings is 1. The van der Waals surface area contributed by atoms with Crippen LogP contribution in [0.15, 0.2) is 34.3 Å². The lowest BCUT2D eigenvalue weighted by atomic mass is 10.1. The molecule has 1 amide bonds. The van der Waals surface area contributed by atoms with Crippen LogP contribution in [0.3, 0.4) is 0 Å². The second-order valence-corrected chi connectivity index (χ2v) is 4.87. The second-order valence-electron chi connectivity index (χ2n) is 3.68. The summed E-state index contributed by atoms with van der Waals surface area (Å²) in [6, 6.07) is 6.48. The molecule has 1 atom stereocenters. The van der Waals surface area contributed by atoms with E-state index < -0.39 is 21.9 Å². The number of halogens is 3. The molecule has 7 heteroatoms. The molecule has 1 rings (SSSR count). The minimum Gasteiger partial charge on any atom is -0.477 e. The molecule has 0 spiro atoms. The zero-order valence-corrected chi connectivity index (χ0v) is 12.1. The van der Waals surface area contributed by atoms with E-state index in [0.717, 1.165) is 5.56 Å². The Morgan fingerprint density at radius 3 is 2.16 bits per heavy atom. The molecule has 0 saturated heterocycles. The van der Waals surface area contributed by atoms with Gasteiger partial charge >= 0.3 is 5.97 Å². The van der Waals surface area contributed by atoms with Gasteiger partial charge in [0, 0.05) is 5.02 Å². The lowest BCUT2D eigenvalue weighted by Crippen LogP contribution is -2.27. The van der Waals surface area contributed by atoms with Crippen molar-refractivity contribution in [3.63, 3.8) is 0 Å². The molecule has 0 aliphatic carbocycles. The zero-order chi connectivity index (χ0) is 14.6. The van der Waals surface area contributed by atoms with Gasteiger partial charge in [-0.25, -0.2) is 4.79 Å². The minimum atomic E-state index is -1.46. The first-order valence-electron chi connectivity index (χ1n) is 5.17. The van der Waals surface area contributed by atoms with Crippen molar-refractivity contribution < 1.29 is 14.7 Å². The fraction of sp³-hybridized carbons (Fsp3) is 0.167. The van der Waals surface area contributed by atoms with Gasteiger partial charge in [0.2, 0.25) is 0 Å². The van der Waals surface area contributed by atoms with Crippen LogP contribution in [0.1, 0.15) is 18.5 Å². The highest BCUT2D eigenvalue weighted by molar-refractivity contribution is 6.53. The highest BCUT2D eigenvalue weighted by atomic mass is 35.5. The maximum Gasteiger partial charge on any atom is 0.349 e. The topological polar surface area (TPSA) is 66.4 Å². The summed E-state index contributed by atoms with van der Waals surface area (Å²) in [5.74, 6) is -2.21. The minimum absolute atomic E-state index is 0.364. The third-order valence-electron chi connectivity index (χ3n) is 2.30. The number of amides is 1. The molecule has 102 valence electrons. The van der Waals surface area contributed by atoms with Gasteiger partial charge in [-0.2, -0.15) is 0 Å². The molecular weight excluding hydrogens is 312 g/mol. The summed E-state index contributed by atoms with van der Waals surface area (Å²) >= 11 is 16.7. The van der Waals surface area contributed by atoms with Crippen LogP contribution >= 0.6 is 34.8 Å². The van der Waals surface area contributed by atoms with Crippen LogP contribution in [0.5, 0.6) is 0 Å². The Morgan fingerprint density at radius 2 is 1.68 bits per heavy atom. The van der Waals surface area contributed by atoms with Crippen LogP contribution in [0, 0.1) is 0 Å². The molecule has 1 unspecified atom stereocenters. The van der Waals surface area contributed by atoms with Gasteiger partial charge in [-0.15, -0.1) is 0 Å². The molecule has 0 aromatic heterocycles. The standard InChI is InChI=1S/C12H10Cl3NO3/c1-6(7-2-4-8(13)5-3-7)16-11(17)9(14)10(15)12(18)19/h2-6H,1H3,(H,16,17)(H,18,19)/b10-9-. The Balaban J connectivity index is 2.80. The average Bonchev–Trinajstić information content (AvgIpc) is 2.37. The lowest BCUT2D eigenvalue weighted by molar-refractivity contribution is -0.132. The first-order chi connectivity index (χ1) is 8.82. The molecule has 4 nitrogen and oxygen atoms in total. The predicted molar refractivity (Wildman–Crippen MR) is 74.4 cm³/mol. The number of carboxylic acids is 1. The highest BCUT2D eigenvalue weighted by Gasteiger charge is 2.19. The van der Waals surface area contributed by atoms with E-state index in [9.17, 15) is 9.59 Å². The number of hydrogen-bond acceptors (Lipinski definition) is 2. The Bertz CT molecular complexity index is 526. The largest absolute Gasteiger partial charge is 0.477 e. The van der Waals surface area contributed by atoms with Crippen LogP contribution in [0.2, 0.25) is 5.02 Å². The van der Waals surface area contributed by atoms with E-state index in [0.29, 0.717) is 5.02 Å².